The molecule has 1 saturated heterocycles. The Labute approximate surface area is 90.2 Å². The second-order valence-corrected chi connectivity index (χ2v) is 4.01. The normalized spacial score (nSPS) is 26.7. The maximum atomic E-state index is 11.6. The minimum atomic E-state index is -0.279. The van der Waals surface area contributed by atoms with Gasteiger partial charge in [0.25, 0.3) is 0 Å². The molecule has 88 valence electrons. The zero-order valence-corrected chi connectivity index (χ0v) is 9.19. The lowest BCUT2D eigenvalue weighted by molar-refractivity contribution is -0.139. The van der Waals surface area contributed by atoms with Crippen LogP contribution in [0.4, 0.5) is 0 Å². The van der Waals surface area contributed by atoms with Crippen LogP contribution >= 0.6 is 0 Å². The number of amides is 1. The fraction of sp³-hybridized carbons (Fsp3) is 0.900. The van der Waals surface area contributed by atoms with Gasteiger partial charge in [0.1, 0.15) is 6.61 Å². The van der Waals surface area contributed by atoms with Gasteiger partial charge in [-0.05, 0) is 12.3 Å². The van der Waals surface area contributed by atoms with Crippen molar-refractivity contribution in [2.75, 3.05) is 32.8 Å². The molecule has 1 aliphatic heterocycles. The molecule has 0 aliphatic carbocycles. The van der Waals surface area contributed by atoms with Gasteiger partial charge in [-0.1, -0.05) is 6.92 Å². The molecule has 0 spiro atoms. The fourth-order valence-electron chi connectivity index (χ4n) is 1.69. The second-order valence-electron chi connectivity index (χ2n) is 4.01. The van der Waals surface area contributed by atoms with Gasteiger partial charge in [0, 0.05) is 19.6 Å². The molecule has 1 heterocycles. The summed E-state index contributed by atoms with van der Waals surface area (Å²) in [6.07, 6.45) is 0.378. The molecule has 2 unspecified atom stereocenters. The summed E-state index contributed by atoms with van der Waals surface area (Å²) in [6, 6.07) is 0. The summed E-state index contributed by atoms with van der Waals surface area (Å²) < 4.78 is 5.08. The zero-order chi connectivity index (χ0) is 11.3. The highest BCUT2D eigenvalue weighted by molar-refractivity contribution is 5.77. The van der Waals surface area contributed by atoms with Gasteiger partial charge in [-0.2, -0.15) is 0 Å². The minimum Gasteiger partial charge on any atom is -0.393 e. The summed E-state index contributed by atoms with van der Waals surface area (Å²) in [5.41, 5.74) is 5.25. The highest BCUT2D eigenvalue weighted by atomic mass is 16.5. The molecule has 2 atom stereocenters. The lowest BCUT2D eigenvalue weighted by Crippen LogP contribution is -2.46. The molecule has 1 aliphatic rings. The van der Waals surface area contributed by atoms with Gasteiger partial charge < -0.3 is 20.5 Å². The van der Waals surface area contributed by atoms with Gasteiger partial charge in [0.05, 0.1) is 12.7 Å². The number of ether oxygens (including phenoxy) is 1. The quantitative estimate of drug-likeness (QED) is 0.603. The first-order chi connectivity index (χ1) is 7.15. The molecule has 1 rings (SSSR count). The van der Waals surface area contributed by atoms with Crippen LogP contribution in [0.1, 0.15) is 13.3 Å². The lowest BCUT2D eigenvalue weighted by Gasteiger charge is -2.34. The molecular weight excluding hydrogens is 196 g/mol. The average Bonchev–Trinajstić information content (AvgIpc) is 2.22. The molecule has 1 fully saturated rings. The Bertz CT molecular complexity index is 211. The number of hydrogen-bond acceptors (Lipinski definition) is 4. The Hall–Kier alpha value is -0.650. The Morgan fingerprint density at radius 3 is 3.00 bits per heavy atom. The van der Waals surface area contributed by atoms with E-state index in [2.05, 4.69) is 0 Å². The number of aliphatic hydroxyl groups is 1. The van der Waals surface area contributed by atoms with Crippen LogP contribution in [0.2, 0.25) is 0 Å². The third-order valence-corrected chi connectivity index (χ3v) is 2.70. The van der Waals surface area contributed by atoms with Gasteiger partial charge in [-0.25, -0.2) is 0 Å². The van der Waals surface area contributed by atoms with E-state index in [1.807, 2.05) is 6.92 Å². The van der Waals surface area contributed by atoms with E-state index < -0.39 is 0 Å². The Morgan fingerprint density at radius 2 is 2.40 bits per heavy atom. The van der Waals surface area contributed by atoms with Crippen molar-refractivity contribution in [2.24, 2.45) is 11.7 Å². The summed E-state index contributed by atoms with van der Waals surface area (Å²) in [6.45, 7) is 4.13. The molecule has 3 N–H and O–H groups in total. The summed E-state index contributed by atoms with van der Waals surface area (Å²) in [5.74, 6) is 0.138. The van der Waals surface area contributed by atoms with E-state index in [1.54, 1.807) is 4.90 Å². The first-order valence-electron chi connectivity index (χ1n) is 5.38. The number of nitrogens with two attached hydrogens (primary N) is 1. The molecule has 0 aromatic carbocycles. The van der Waals surface area contributed by atoms with E-state index >= 15 is 0 Å². The van der Waals surface area contributed by atoms with Gasteiger partial charge in [-0.3, -0.25) is 4.79 Å². The van der Waals surface area contributed by atoms with Crippen molar-refractivity contribution in [1.82, 2.24) is 4.90 Å². The van der Waals surface area contributed by atoms with Gasteiger partial charge in [-0.15, -0.1) is 0 Å². The Morgan fingerprint density at radius 1 is 1.67 bits per heavy atom. The summed E-state index contributed by atoms with van der Waals surface area (Å²) in [7, 11) is 0. The number of rotatable bonds is 4. The first-order valence-corrected chi connectivity index (χ1v) is 5.38. The highest BCUT2D eigenvalue weighted by Crippen LogP contribution is 2.16. The predicted molar refractivity (Wildman–Crippen MR) is 56.2 cm³/mol. The van der Waals surface area contributed by atoms with Crippen molar-refractivity contribution in [3.63, 3.8) is 0 Å². The number of aliphatic hydroxyl groups excluding tert-OH is 1. The number of piperidine rings is 1. The van der Waals surface area contributed by atoms with Crippen molar-refractivity contribution in [3.8, 4) is 0 Å². The maximum absolute atomic E-state index is 11.6. The van der Waals surface area contributed by atoms with E-state index in [9.17, 15) is 9.90 Å². The smallest absolute Gasteiger partial charge is 0.248 e. The van der Waals surface area contributed by atoms with Gasteiger partial charge >= 0.3 is 0 Å². The van der Waals surface area contributed by atoms with Crippen LogP contribution < -0.4 is 5.73 Å². The fourth-order valence-corrected chi connectivity index (χ4v) is 1.69. The number of hydrogen-bond donors (Lipinski definition) is 2. The molecule has 5 heteroatoms. The predicted octanol–water partition coefficient (Wildman–Crippen LogP) is -0.809. The van der Waals surface area contributed by atoms with E-state index in [4.69, 9.17) is 10.5 Å². The SMILES string of the molecule is CC1CN(C(=O)COCCN)CCC1O. The number of carbonyl (C=O) groups is 1. The lowest BCUT2D eigenvalue weighted by atomic mass is 9.97. The van der Waals surface area contributed by atoms with E-state index in [0.29, 0.717) is 32.7 Å². The molecule has 0 radical (unpaired) electrons. The van der Waals surface area contributed by atoms with Gasteiger partial charge in [0.2, 0.25) is 5.91 Å². The highest BCUT2D eigenvalue weighted by Gasteiger charge is 2.26. The van der Waals surface area contributed by atoms with E-state index in [-0.39, 0.29) is 24.5 Å². The second kappa shape index (κ2) is 6.05. The summed E-state index contributed by atoms with van der Waals surface area (Å²) in [5, 5.41) is 9.51. The molecule has 0 saturated carbocycles. The monoisotopic (exact) mass is 216 g/mol. The largest absolute Gasteiger partial charge is 0.393 e. The maximum Gasteiger partial charge on any atom is 0.248 e. The number of likely N-dealkylation sites (tertiary alicyclic amines) is 1. The van der Waals surface area contributed by atoms with Crippen LogP contribution in [0.25, 0.3) is 0 Å². The van der Waals surface area contributed by atoms with Crippen molar-refractivity contribution < 1.29 is 14.6 Å². The molecule has 0 aromatic heterocycles. The Balaban J connectivity index is 2.28. The number of nitrogens with zero attached hydrogens (tertiary/aromatic N) is 1. The van der Waals surface area contributed by atoms with Crippen molar-refractivity contribution in [3.05, 3.63) is 0 Å². The van der Waals surface area contributed by atoms with E-state index in [0.717, 1.165) is 0 Å². The van der Waals surface area contributed by atoms with Crippen LogP contribution in [-0.4, -0.2) is 54.9 Å². The molecule has 1 amide bonds. The van der Waals surface area contributed by atoms with E-state index in [1.165, 1.54) is 0 Å². The standard InChI is InChI=1S/C10H20N2O3/c1-8-6-12(4-2-9(8)13)10(14)7-15-5-3-11/h8-9,13H,2-7,11H2,1H3. The van der Waals surface area contributed by atoms with Crippen LogP contribution in [0.15, 0.2) is 0 Å². The summed E-state index contributed by atoms with van der Waals surface area (Å²) >= 11 is 0. The first kappa shape index (κ1) is 12.4. The molecular formula is C10H20N2O3. The molecule has 5 nitrogen and oxygen atoms in total. The zero-order valence-electron chi connectivity index (χ0n) is 9.19. The van der Waals surface area contributed by atoms with Crippen molar-refractivity contribution in [2.45, 2.75) is 19.4 Å². The topological polar surface area (TPSA) is 75.8 Å². The van der Waals surface area contributed by atoms with Crippen molar-refractivity contribution in [1.29, 1.82) is 0 Å². The van der Waals surface area contributed by atoms with Gasteiger partial charge in [0.15, 0.2) is 0 Å². The van der Waals surface area contributed by atoms with Crippen LogP contribution in [-0.2, 0) is 9.53 Å². The third kappa shape index (κ3) is 3.77. The van der Waals surface area contributed by atoms with Crippen LogP contribution in [0.3, 0.4) is 0 Å². The molecule has 0 bridgehead atoms. The van der Waals surface area contributed by atoms with Crippen LogP contribution in [0, 0.1) is 5.92 Å². The summed E-state index contributed by atoms with van der Waals surface area (Å²) in [4.78, 5) is 13.3. The number of carbonyl (C=O) groups excluding carboxylic acids is 1. The Kier molecular flexibility index (Phi) is 5.01. The third-order valence-electron chi connectivity index (χ3n) is 2.70. The average molecular weight is 216 g/mol. The minimum absolute atomic E-state index is 0.0119. The van der Waals surface area contributed by atoms with Crippen molar-refractivity contribution >= 4 is 5.91 Å². The molecule has 0 aromatic rings. The molecule has 15 heavy (non-hydrogen) atoms. The van der Waals surface area contributed by atoms with Crippen LogP contribution in [0.5, 0.6) is 0 Å².